The number of fused-ring (bicyclic) bond motifs is 3. The van der Waals surface area contributed by atoms with E-state index in [1.807, 2.05) is 18.2 Å². The van der Waals surface area contributed by atoms with Gasteiger partial charge in [0.05, 0.1) is 19.8 Å². The van der Waals surface area contributed by atoms with Crippen LogP contribution in [0.2, 0.25) is 0 Å². The van der Waals surface area contributed by atoms with E-state index in [2.05, 4.69) is 17.6 Å². The minimum atomic E-state index is -0.267. The molecule has 138 valence electrons. The Bertz CT molecular complexity index is 846. The van der Waals surface area contributed by atoms with Gasteiger partial charge in [-0.25, -0.2) is 0 Å². The third kappa shape index (κ3) is 2.82. The second-order valence-electron chi connectivity index (χ2n) is 6.89. The lowest BCUT2D eigenvalue weighted by Gasteiger charge is -2.27. The maximum Gasteiger partial charge on any atom is 0.256 e. The van der Waals surface area contributed by atoms with E-state index in [1.54, 1.807) is 25.6 Å². The molecule has 2 aromatic rings. The molecule has 1 aliphatic carbocycles. The number of benzene rings is 1. The first-order valence-electron chi connectivity index (χ1n) is 9.08. The molecule has 1 aliphatic heterocycles. The van der Waals surface area contributed by atoms with Crippen LogP contribution in [0.3, 0.4) is 0 Å². The van der Waals surface area contributed by atoms with Crippen LogP contribution in [-0.4, -0.2) is 20.1 Å². The molecule has 1 aromatic heterocycles. The summed E-state index contributed by atoms with van der Waals surface area (Å²) in [5, 5.41) is 7.61. The number of nitrogens with one attached hydrogen (secondary N) is 2. The molecule has 0 radical (unpaired) electrons. The quantitative estimate of drug-likeness (QED) is 0.847. The van der Waals surface area contributed by atoms with Gasteiger partial charge in [-0.2, -0.15) is 0 Å². The molecule has 0 bridgehead atoms. The monoisotopic (exact) mass is 372 g/mol. The van der Waals surface area contributed by atoms with Crippen LogP contribution in [0.5, 0.6) is 11.5 Å². The highest BCUT2D eigenvalue weighted by Crippen LogP contribution is 2.43. The third-order valence-corrected chi connectivity index (χ3v) is 6.65. The molecule has 2 aliphatic rings. The largest absolute Gasteiger partial charge is 0.493 e. The first-order chi connectivity index (χ1) is 12.6. The molecule has 5 nitrogen and oxygen atoms in total. The van der Waals surface area contributed by atoms with Crippen molar-refractivity contribution in [1.29, 1.82) is 0 Å². The Labute approximate surface area is 157 Å². The van der Waals surface area contributed by atoms with Gasteiger partial charge in [0, 0.05) is 4.88 Å². The predicted molar refractivity (Wildman–Crippen MR) is 104 cm³/mol. The number of hydrogen-bond donors (Lipinski definition) is 2. The zero-order chi connectivity index (χ0) is 18.3. The van der Waals surface area contributed by atoms with Crippen molar-refractivity contribution in [3.05, 3.63) is 39.8 Å². The van der Waals surface area contributed by atoms with E-state index in [4.69, 9.17) is 9.47 Å². The Morgan fingerprint density at radius 1 is 1.19 bits per heavy atom. The molecule has 4 rings (SSSR count). The van der Waals surface area contributed by atoms with E-state index in [9.17, 15) is 4.79 Å². The number of methoxy groups -OCH3 is 2. The minimum absolute atomic E-state index is 0.0194. The van der Waals surface area contributed by atoms with Crippen molar-refractivity contribution >= 4 is 22.2 Å². The first-order valence-corrected chi connectivity index (χ1v) is 9.90. The summed E-state index contributed by atoms with van der Waals surface area (Å²) in [5.74, 6) is 2.10. The standard InChI is InChI=1S/C20H24N2O3S/c1-4-11-5-7-13-16(9-11)26-20-17(13)19(23)21-18(22-20)12-6-8-14(24-2)15(10-12)25-3/h6,8,10-11,18,22H,4-5,7,9H2,1-3H3,(H,21,23)/t11-,18-/m0/s1. The van der Waals surface area contributed by atoms with E-state index >= 15 is 0 Å². The van der Waals surface area contributed by atoms with Gasteiger partial charge in [0.15, 0.2) is 11.5 Å². The number of thiophene rings is 1. The molecular weight excluding hydrogens is 348 g/mol. The highest BCUT2D eigenvalue weighted by molar-refractivity contribution is 7.16. The molecule has 26 heavy (non-hydrogen) atoms. The van der Waals surface area contributed by atoms with Gasteiger partial charge >= 0.3 is 0 Å². The van der Waals surface area contributed by atoms with Crippen molar-refractivity contribution in [1.82, 2.24) is 5.32 Å². The van der Waals surface area contributed by atoms with Crippen LogP contribution in [0.4, 0.5) is 5.00 Å². The fourth-order valence-electron chi connectivity index (χ4n) is 3.91. The number of hydrogen-bond acceptors (Lipinski definition) is 5. The minimum Gasteiger partial charge on any atom is -0.493 e. The van der Waals surface area contributed by atoms with Gasteiger partial charge in [-0.15, -0.1) is 11.3 Å². The predicted octanol–water partition coefficient (Wildman–Crippen LogP) is 4.13. The van der Waals surface area contributed by atoms with Gasteiger partial charge in [0.2, 0.25) is 0 Å². The van der Waals surface area contributed by atoms with Crippen molar-refractivity contribution in [2.75, 3.05) is 19.5 Å². The fourth-order valence-corrected chi connectivity index (χ4v) is 5.30. The second-order valence-corrected chi connectivity index (χ2v) is 8.00. The molecule has 0 unspecified atom stereocenters. The Hall–Kier alpha value is -2.21. The lowest BCUT2D eigenvalue weighted by Crippen LogP contribution is -2.38. The van der Waals surface area contributed by atoms with Crippen LogP contribution in [-0.2, 0) is 12.8 Å². The van der Waals surface area contributed by atoms with Crippen LogP contribution < -0.4 is 20.1 Å². The van der Waals surface area contributed by atoms with Crippen molar-refractivity contribution in [3.8, 4) is 11.5 Å². The van der Waals surface area contributed by atoms with Crippen molar-refractivity contribution in [2.45, 2.75) is 38.8 Å². The number of rotatable bonds is 4. The van der Waals surface area contributed by atoms with Crippen LogP contribution in [0, 0.1) is 5.92 Å². The van der Waals surface area contributed by atoms with E-state index < -0.39 is 0 Å². The second kappa shape index (κ2) is 6.83. The zero-order valence-corrected chi connectivity index (χ0v) is 16.2. The summed E-state index contributed by atoms with van der Waals surface area (Å²) in [7, 11) is 3.23. The van der Waals surface area contributed by atoms with Gasteiger partial charge < -0.3 is 20.1 Å². The summed E-state index contributed by atoms with van der Waals surface area (Å²) in [4.78, 5) is 14.2. The zero-order valence-electron chi connectivity index (χ0n) is 15.3. The average Bonchev–Trinajstić information content (AvgIpc) is 3.05. The van der Waals surface area contributed by atoms with Crippen LogP contribution in [0.15, 0.2) is 18.2 Å². The van der Waals surface area contributed by atoms with Gasteiger partial charge in [-0.05, 0) is 48.4 Å². The Morgan fingerprint density at radius 2 is 2.00 bits per heavy atom. The van der Waals surface area contributed by atoms with Gasteiger partial charge in [-0.1, -0.05) is 19.4 Å². The summed E-state index contributed by atoms with van der Waals surface area (Å²) >= 11 is 1.75. The van der Waals surface area contributed by atoms with Gasteiger partial charge in [0.25, 0.3) is 5.91 Å². The van der Waals surface area contributed by atoms with Crippen molar-refractivity contribution < 1.29 is 14.3 Å². The van der Waals surface area contributed by atoms with Crippen LogP contribution in [0.25, 0.3) is 0 Å². The number of carbonyl (C=O) groups is 1. The van der Waals surface area contributed by atoms with Crippen molar-refractivity contribution in [2.24, 2.45) is 5.92 Å². The summed E-state index contributed by atoms with van der Waals surface area (Å²) in [6, 6.07) is 5.72. The summed E-state index contributed by atoms with van der Waals surface area (Å²) in [5.41, 5.74) is 3.06. The summed E-state index contributed by atoms with van der Waals surface area (Å²) in [6.45, 7) is 2.25. The molecular formula is C20H24N2O3S. The molecule has 2 heterocycles. The Morgan fingerprint density at radius 3 is 2.73 bits per heavy atom. The smallest absolute Gasteiger partial charge is 0.256 e. The van der Waals surface area contributed by atoms with E-state index in [0.29, 0.717) is 11.5 Å². The molecule has 0 spiro atoms. The molecule has 0 saturated carbocycles. The number of amides is 1. The molecule has 2 N–H and O–H groups in total. The molecule has 0 saturated heterocycles. The van der Waals surface area contributed by atoms with E-state index in [-0.39, 0.29) is 12.1 Å². The Balaban J connectivity index is 1.65. The molecule has 1 aromatic carbocycles. The summed E-state index contributed by atoms with van der Waals surface area (Å²) in [6.07, 6.45) is 4.22. The summed E-state index contributed by atoms with van der Waals surface area (Å²) < 4.78 is 10.7. The van der Waals surface area contributed by atoms with Gasteiger partial charge in [0.1, 0.15) is 11.2 Å². The molecule has 6 heteroatoms. The fraction of sp³-hybridized carbons (Fsp3) is 0.450. The maximum atomic E-state index is 12.8. The lowest BCUT2D eigenvalue weighted by atomic mass is 9.85. The number of carbonyl (C=O) groups excluding carboxylic acids is 1. The topological polar surface area (TPSA) is 59.6 Å². The SMILES string of the molecule is CC[C@H]1CCc2c(sc3c2C(=O)N[C@H](c2ccc(OC)c(OC)c2)N3)C1. The van der Waals surface area contributed by atoms with E-state index in [1.165, 1.54) is 23.3 Å². The molecule has 2 atom stereocenters. The van der Waals surface area contributed by atoms with E-state index in [0.717, 1.165) is 34.9 Å². The number of anilines is 1. The maximum absolute atomic E-state index is 12.8. The molecule has 0 fully saturated rings. The third-order valence-electron chi connectivity index (χ3n) is 5.46. The van der Waals surface area contributed by atoms with Crippen LogP contribution in [0.1, 0.15) is 52.3 Å². The number of ether oxygens (including phenoxy) is 2. The van der Waals surface area contributed by atoms with Gasteiger partial charge in [-0.3, -0.25) is 4.79 Å². The lowest BCUT2D eigenvalue weighted by molar-refractivity contribution is 0.0935. The highest BCUT2D eigenvalue weighted by Gasteiger charge is 2.33. The first kappa shape index (κ1) is 17.2. The highest BCUT2D eigenvalue weighted by atomic mass is 32.1. The Kier molecular flexibility index (Phi) is 4.53. The normalized spacial score (nSPS) is 21.3. The average molecular weight is 372 g/mol. The molecule has 1 amide bonds. The van der Waals surface area contributed by atoms with Crippen molar-refractivity contribution in [3.63, 3.8) is 0 Å². The van der Waals surface area contributed by atoms with Crippen LogP contribution >= 0.6 is 11.3 Å².